The molecule has 1 aliphatic heterocycles. The first-order chi connectivity index (χ1) is 14.9. The lowest BCUT2D eigenvalue weighted by Crippen LogP contribution is -2.52. The minimum Gasteiger partial charge on any atom is -0.481 e. The number of nitrogens with zero attached hydrogens (tertiary/aromatic N) is 1. The van der Waals surface area contributed by atoms with E-state index in [4.69, 9.17) is 4.74 Å². The number of aryl methyl sites for hydroxylation is 1. The van der Waals surface area contributed by atoms with E-state index >= 15 is 0 Å². The number of benzene rings is 2. The van der Waals surface area contributed by atoms with Crippen LogP contribution in [0.3, 0.4) is 0 Å². The van der Waals surface area contributed by atoms with Crippen molar-refractivity contribution in [1.29, 1.82) is 0 Å². The van der Waals surface area contributed by atoms with E-state index in [2.05, 4.69) is 10.9 Å². The lowest BCUT2D eigenvalue weighted by molar-refractivity contribution is -0.144. The smallest absolute Gasteiger partial charge is 0.279 e. The molecule has 0 spiro atoms. The van der Waals surface area contributed by atoms with Crippen molar-refractivity contribution in [3.8, 4) is 5.75 Å². The molecule has 3 rings (SSSR count). The number of hydrogen-bond acceptors (Lipinski definition) is 4. The molecule has 1 fully saturated rings. The molecule has 0 radical (unpaired) electrons. The highest BCUT2D eigenvalue weighted by molar-refractivity contribution is 5.91. The summed E-state index contributed by atoms with van der Waals surface area (Å²) in [5.74, 6) is -0.386. The predicted octanol–water partition coefficient (Wildman–Crippen LogP) is 2.97. The molecule has 7 nitrogen and oxygen atoms in total. The fourth-order valence-corrected chi connectivity index (χ4v) is 3.60. The largest absolute Gasteiger partial charge is 0.481 e. The number of likely N-dealkylation sites (tertiary alicyclic amines) is 1. The molecule has 2 atom stereocenters. The van der Waals surface area contributed by atoms with Gasteiger partial charge in [-0.05, 0) is 56.4 Å². The molecule has 0 aliphatic carbocycles. The Bertz CT molecular complexity index is 945. The van der Waals surface area contributed by atoms with E-state index in [9.17, 15) is 14.4 Å². The number of ether oxygens (including phenoxy) is 1. The van der Waals surface area contributed by atoms with Crippen molar-refractivity contribution in [2.75, 3.05) is 6.54 Å². The molecule has 2 aromatic rings. The lowest BCUT2D eigenvalue weighted by Gasteiger charge is -2.34. The molecule has 0 saturated carbocycles. The van der Waals surface area contributed by atoms with Gasteiger partial charge in [0.2, 0.25) is 5.91 Å². The van der Waals surface area contributed by atoms with Gasteiger partial charge in [0.25, 0.3) is 11.8 Å². The Morgan fingerprint density at radius 1 is 0.968 bits per heavy atom. The Morgan fingerprint density at radius 3 is 2.39 bits per heavy atom. The third kappa shape index (κ3) is 5.42. The normalized spacial score (nSPS) is 15.7. The van der Waals surface area contributed by atoms with E-state index < -0.39 is 24.0 Å². The zero-order chi connectivity index (χ0) is 22.4. The molecule has 1 aliphatic rings. The molecule has 0 bridgehead atoms. The summed E-state index contributed by atoms with van der Waals surface area (Å²) >= 11 is 0. The number of rotatable bonds is 6. The summed E-state index contributed by atoms with van der Waals surface area (Å²) < 4.78 is 5.77. The minimum atomic E-state index is -0.812. The standard InChI is InChI=1S/C24H29N3O4/c1-16-10-9-13-20(17(16)2)31-18(3)23(29)25-26-24(30)22(19-11-5-4-6-12-19)27-15-8-7-14-21(27)28/h4-6,9-13,18,22H,7-8,14-15H2,1-3H3,(H,25,29)(H,26,30). The molecule has 31 heavy (non-hydrogen) atoms. The zero-order valence-corrected chi connectivity index (χ0v) is 18.2. The van der Waals surface area contributed by atoms with Crippen molar-refractivity contribution >= 4 is 17.7 Å². The Kier molecular flexibility index (Phi) is 7.28. The van der Waals surface area contributed by atoms with Crippen molar-refractivity contribution in [1.82, 2.24) is 15.8 Å². The number of carbonyl (C=O) groups is 3. The second kappa shape index (κ2) is 10.1. The van der Waals surface area contributed by atoms with Crippen LogP contribution >= 0.6 is 0 Å². The van der Waals surface area contributed by atoms with Crippen LogP contribution in [0.15, 0.2) is 48.5 Å². The molecule has 0 aromatic heterocycles. The van der Waals surface area contributed by atoms with Crippen LogP contribution in [0.1, 0.15) is 48.9 Å². The van der Waals surface area contributed by atoms with Gasteiger partial charge >= 0.3 is 0 Å². The summed E-state index contributed by atoms with van der Waals surface area (Å²) in [4.78, 5) is 39.6. The minimum absolute atomic E-state index is 0.0618. The summed E-state index contributed by atoms with van der Waals surface area (Å²) in [6, 6.07) is 13.9. The van der Waals surface area contributed by atoms with E-state index in [-0.39, 0.29) is 5.91 Å². The van der Waals surface area contributed by atoms with Crippen LogP contribution in [0.2, 0.25) is 0 Å². The number of hydrazine groups is 1. The average Bonchev–Trinajstić information content (AvgIpc) is 2.77. The van der Waals surface area contributed by atoms with Crippen LogP contribution in [-0.4, -0.2) is 35.3 Å². The van der Waals surface area contributed by atoms with Gasteiger partial charge in [-0.25, -0.2) is 0 Å². The molecule has 7 heteroatoms. The van der Waals surface area contributed by atoms with Gasteiger partial charge in [-0.15, -0.1) is 0 Å². The van der Waals surface area contributed by atoms with Crippen LogP contribution in [0.25, 0.3) is 0 Å². The highest BCUT2D eigenvalue weighted by Crippen LogP contribution is 2.26. The Hall–Kier alpha value is -3.35. The van der Waals surface area contributed by atoms with Crippen molar-refractivity contribution in [2.24, 2.45) is 0 Å². The van der Waals surface area contributed by atoms with Crippen molar-refractivity contribution in [3.05, 3.63) is 65.2 Å². The topological polar surface area (TPSA) is 87.7 Å². The second-order valence-electron chi connectivity index (χ2n) is 7.79. The van der Waals surface area contributed by atoms with E-state index in [0.29, 0.717) is 24.3 Å². The first-order valence-electron chi connectivity index (χ1n) is 10.6. The van der Waals surface area contributed by atoms with Gasteiger partial charge in [0.15, 0.2) is 6.10 Å². The van der Waals surface area contributed by atoms with Gasteiger partial charge < -0.3 is 9.64 Å². The van der Waals surface area contributed by atoms with Crippen LogP contribution < -0.4 is 15.6 Å². The van der Waals surface area contributed by atoms with Crippen molar-refractivity contribution in [2.45, 2.75) is 52.2 Å². The molecule has 1 heterocycles. The number of carbonyl (C=O) groups excluding carboxylic acids is 3. The summed E-state index contributed by atoms with van der Waals surface area (Å²) in [5, 5.41) is 0. The van der Waals surface area contributed by atoms with E-state index in [1.54, 1.807) is 30.0 Å². The summed E-state index contributed by atoms with van der Waals surface area (Å²) in [6.45, 7) is 6.02. The van der Waals surface area contributed by atoms with Gasteiger partial charge in [-0.1, -0.05) is 42.5 Å². The highest BCUT2D eigenvalue weighted by atomic mass is 16.5. The molecule has 164 valence electrons. The molecular formula is C24H29N3O4. The van der Waals surface area contributed by atoms with Gasteiger partial charge in [-0.3, -0.25) is 25.2 Å². The number of amides is 3. The highest BCUT2D eigenvalue weighted by Gasteiger charge is 2.33. The molecule has 2 unspecified atom stereocenters. The van der Waals surface area contributed by atoms with Crippen molar-refractivity contribution in [3.63, 3.8) is 0 Å². The average molecular weight is 424 g/mol. The molecule has 2 N–H and O–H groups in total. The fourth-order valence-electron chi connectivity index (χ4n) is 3.60. The monoisotopic (exact) mass is 423 g/mol. The predicted molar refractivity (Wildman–Crippen MR) is 117 cm³/mol. The lowest BCUT2D eigenvalue weighted by atomic mass is 10.0. The number of piperidine rings is 1. The van der Waals surface area contributed by atoms with E-state index in [1.807, 2.05) is 44.2 Å². The Labute approximate surface area is 182 Å². The maximum atomic E-state index is 13.0. The first-order valence-corrected chi connectivity index (χ1v) is 10.6. The Morgan fingerprint density at radius 2 is 1.68 bits per heavy atom. The molecule has 3 amide bonds. The van der Waals surface area contributed by atoms with Crippen LogP contribution in [0.5, 0.6) is 5.75 Å². The first kappa shape index (κ1) is 22.3. The van der Waals surface area contributed by atoms with Crippen LogP contribution in [-0.2, 0) is 14.4 Å². The summed E-state index contributed by atoms with van der Waals surface area (Å²) in [7, 11) is 0. The van der Waals surface area contributed by atoms with Crippen molar-refractivity contribution < 1.29 is 19.1 Å². The van der Waals surface area contributed by atoms with E-state index in [1.165, 1.54) is 0 Å². The van der Waals surface area contributed by atoms with Gasteiger partial charge in [0.05, 0.1) is 0 Å². The van der Waals surface area contributed by atoms with Gasteiger partial charge in [0.1, 0.15) is 11.8 Å². The van der Waals surface area contributed by atoms with Gasteiger partial charge in [0, 0.05) is 13.0 Å². The summed E-state index contributed by atoms with van der Waals surface area (Å²) in [5.41, 5.74) is 7.64. The van der Waals surface area contributed by atoms with Crippen LogP contribution in [0, 0.1) is 13.8 Å². The quantitative estimate of drug-likeness (QED) is 0.700. The third-order valence-corrected chi connectivity index (χ3v) is 5.57. The zero-order valence-electron chi connectivity index (χ0n) is 18.2. The molecular weight excluding hydrogens is 394 g/mol. The van der Waals surface area contributed by atoms with E-state index in [0.717, 1.165) is 24.0 Å². The van der Waals surface area contributed by atoms with Gasteiger partial charge in [-0.2, -0.15) is 0 Å². The maximum Gasteiger partial charge on any atom is 0.279 e. The van der Waals surface area contributed by atoms with Crippen LogP contribution in [0.4, 0.5) is 0 Å². The Balaban J connectivity index is 1.66. The third-order valence-electron chi connectivity index (χ3n) is 5.57. The maximum absolute atomic E-state index is 13.0. The number of nitrogens with one attached hydrogen (secondary N) is 2. The SMILES string of the molecule is Cc1cccc(OC(C)C(=O)NNC(=O)C(c2ccccc2)N2CCCCC2=O)c1C. The fraction of sp³-hybridized carbons (Fsp3) is 0.375. The second-order valence-corrected chi connectivity index (χ2v) is 7.79. The number of hydrogen-bond donors (Lipinski definition) is 2. The molecule has 1 saturated heterocycles. The molecule has 2 aromatic carbocycles. The summed E-state index contributed by atoms with van der Waals surface area (Å²) in [6.07, 6.45) is 1.27.